The van der Waals surface area contributed by atoms with Crippen LogP contribution in [-0.4, -0.2) is 15.3 Å². The highest BCUT2D eigenvalue weighted by atomic mass is 79.9. The van der Waals surface area contributed by atoms with Crippen LogP contribution in [0.3, 0.4) is 0 Å². The summed E-state index contributed by atoms with van der Waals surface area (Å²) < 4.78 is 2.77. The molecule has 0 spiro atoms. The van der Waals surface area contributed by atoms with Crippen molar-refractivity contribution in [3.05, 3.63) is 29.1 Å². The largest absolute Gasteiger partial charge is 0.325 e. The molecule has 0 saturated carbocycles. The number of amides is 1. The Hall–Kier alpha value is -1.36. The predicted octanol–water partition coefficient (Wildman–Crippen LogP) is 4.25. The topological polar surface area (TPSA) is 46.4 Å². The first-order valence-corrected chi connectivity index (χ1v) is 7.78. The minimum Gasteiger partial charge on any atom is -0.325 e. The van der Waals surface area contributed by atoms with Crippen molar-refractivity contribution in [2.75, 3.05) is 5.32 Å². The Labute approximate surface area is 127 Å². The molecule has 0 fully saturated rings. The molecule has 0 aliphatic carbocycles. The zero-order valence-electron chi connectivity index (χ0n) is 11.9. The quantitative estimate of drug-likeness (QED) is 0.801. The van der Waals surface area contributed by atoms with Crippen molar-refractivity contribution in [1.29, 1.82) is 0 Å². The summed E-state index contributed by atoms with van der Waals surface area (Å²) in [7, 11) is 0. The second kappa shape index (κ2) is 6.88. The first-order chi connectivity index (χ1) is 9.56. The van der Waals surface area contributed by atoms with Gasteiger partial charge < -0.3 is 5.32 Å². The molecule has 0 radical (unpaired) electrons. The van der Waals surface area contributed by atoms with Gasteiger partial charge >= 0.3 is 0 Å². The van der Waals surface area contributed by atoms with E-state index in [-0.39, 0.29) is 5.91 Å². The second-order valence-corrected chi connectivity index (χ2v) is 6.23. The van der Waals surface area contributed by atoms with E-state index in [0.717, 1.165) is 28.8 Å². The summed E-state index contributed by atoms with van der Waals surface area (Å²) in [6.45, 7) is 4.41. The summed E-state index contributed by atoms with van der Waals surface area (Å²) in [4.78, 5) is 16.1. The fourth-order valence-corrected chi connectivity index (χ4v) is 2.47. The lowest BCUT2D eigenvalue weighted by atomic mass is 10.1. The Morgan fingerprint density at radius 2 is 2.20 bits per heavy atom. The number of carbonyl (C=O) groups excluding carboxylic acids is 1. The zero-order chi connectivity index (χ0) is 14.5. The van der Waals surface area contributed by atoms with Crippen molar-refractivity contribution in [3.8, 4) is 0 Å². The summed E-state index contributed by atoms with van der Waals surface area (Å²) in [6.07, 6.45) is 7.43. The third kappa shape index (κ3) is 4.07. The number of aromatic nitrogens is 2. The lowest BCUT2D eigenvalue weighted by Crippen LogP contribution is -2.11. The van der Waals surface area contributed by atoms with E-state index in [1.165, 1.54) is 6.42 Å². The molecule has 2 heterocycles. The highest BCUT2D eigenvalue weighted by Crippen LogP contribution is 2.17. The normalized spacial score (nSPS) is 11.2. The number of halogens is 1. The average Bonchev–Trinajstić information content (AvgIpc) is 2.76. The van der Waals surface area contributed by atoms with Gasteiger partial charge in [0.25, 0.3) is 0 Å². The lowest BCUT2D eigenvalue weighted by molar-refractivity contribution is -0.116. The van der Waals surface area contributed by atoms with Crippen LogP contribution in [-0.2, 0) is 4.79 Å². The molecule has 20 heavy (non-hydrogen) atoms. The maximum absolute atomic E-state index is 11.9. The van der Waals surface area contributed by atoms with Gasteiger partial charge in [-0.15, -0.1) is 0 Å². The predicted molar refractivity (Wildman–Crippen MR) is 84.8 cm³/mol. The number of anilines is 1. The molecule has 0 aliphatic rings. The smallest absolute Gasteiger partial charge is 0.224 e. The monoisotopic (exact) mass is 337 g/mol. The minimum atomic E-state index is 0.0735. The number of unbranched alkanes of at least 4 members (excludes halogenated alkanes) is 1. The SMILES string of the molecule is CC(C)CCCCC(=O)Nc1ccc2ncc(Br)n2c1. The van der Waals surface area contributed by atoms with Crippen molar-refractivity contribution in [2.45, 2.75) is 39.5 Å². The minimum absolute atomic E-state index is 0.0735. The highest BCUT2D eigenvalue weighted by Gasteiger charge is 2.05. The lowest BCUT2D eigenvalue weighted by Gasteiger charge is -2.07. The number of pyridine rings is 1. The molecule has 2 aromatic rings. The standard InChI is InChI=1S/C15H20BrN3O/c1-11(2)5-3-4-6-15(20)18-12-7-8-14-17-9-13(16)19(14)10-12/h7-11H,3-6H2,1-2H3,(H,18,20). The van der Waals surface area contributed by atoms with E-state index in [1.807, 2.05) is 22.7 Å². The molecule has 2 rings (SSSR count). The molecule has 1 amide bonds. The summed E-state index contributed by atoms with van der Waals surface area (Å²) in [5.41, 5.74) is 1.65. The van der Waals surface area contributed by atoms with Crippen LogP contribution in [0.15, 0.2) is 29.1 Å². The number of nitrogens with one attached hydrogen (secondary N) is 1. The van der Waals surface area contributed by atoms with Gasteiger partial charge in [-0.25, -0.2) is 4.98 Å². The molecule has 0 bridgehead atoms. The first-order valence-electron chi connectivity index (χ1n) is 6.98. The third-order valence-corrected chi connectivity index (χ3v) is 3.77. The number of hydrogen-bond acceptors (Lipinski definition) is 2. The van der Waals surface area contributed by atoms with E-state index in [0.29, 0.717) is 12.3 Å². The van der Waals surface area contributed by atoms with Crippen molar-refractivity contribution in [3.63, 3.8) is 0 Å². The average molecular weight is 338 g/mol. The van der Waals surface area contributed by atoms with Gasteiger partial charge in [0.05, 0.1) is 11.9 Å². The van der Waals surface area contributed by atoms with Crippen molar-refractivity contribution in [1.82, 2.24) is 9.38 Å². The fraction of sp³-hybridized carbons (Fsp3) is 0.467. The number of rotatable bonds is 6. The number of fused-ring (bicyclic) bond motifs is 1. The van der Waals surface area contributed by atoms with E-state index in [2.05, 4.69) is 40.1 Å². The number of imidazole rings is 1. The van der Waals surface area contributed by atoms with Crippen LogP contribution in [0.5, 0.6) is 0 Å². The molecular weight excluding hydrogens is 318 g/mol. The van der Waals surface area contributed by atoms with Gasteiger partial charge in [0.2, 0.25) is 5.91 Å². The molecule has 2 aromatic heterocycles. The number of carbonyl (C=O) groups is 1. The van der Waals surface area contributed by atoms with E-state index in [4.69, 9.17) is 0 Å². The summed E-state index contributed by atoms with van der Waals surface area (Å²) in [6, 6.07) is 3.76. The molecule has 0 aromatic carbocycles. The molecule has 108 valence electrons. The van der Waals surface area contributed by atoms with Gasteiger partial charge in [0.15, 0.2) is 0 Å². The van der Waals surface area contributed by atoms with Crippen LogP contribution in [0.4, 0.5) is 5.69 Å². The first kappa shape index (κ1) is 15.0. The fourth-order valence-electron chi connectivity index (χ4n) is 2.09. The van der Waals surface area contributed by atoms with Crippen LogP contribution >= 0.6 is 15.9 Å². The van der Waals surface area contributed by atoms with Crippen molar-refractivity contribution in [2.24, 2.45) is 5.92 Å². The zero-order valence-corrected chi connectivity index (χ0v) is 13.5. The Kier molecular flexibility index (Phi) is 5.17. The molecule has 1 N–H and O–H groups in total. The maximum atomic E-state index is 11.9. The Morgan fingerprint density at radius 3 is 2.95 bits per heavy atom. The van der Waals surface area contributed by atoms with Gasteiger partial charge in [-0.1, -0.05) is 26.7 Å². The van der Waals surface area contributed by atoms with Crippen LogP contribution in [0.2, 0.25) is 0 Å². The second-order valence-electron chi connectivity index (χ2n) is 5.41. The highest BCUT2D eigenvalue weighted by molar-refractivity contribution is 9.10. The van der Waals surface area contributed by atoms with Gasteiger partial charge in [-0.05, 0) is 40.4 Å². The molecule has 0 saturated heterocycles. The summed E-state index contributed by atoms with van der Waals surface area (Å²) in [5, 5.41) is 2.93. The van der Waals surface area contributed by atoms with Crippen LogP contribution in [0.25, 0.3) is 5.65 Å². The van der Waals surface area contributed by atoms with E-state index < -0.39 is 0 Å². The third-order valence-electron chi connectivity index (χ3n) is 3.18. The molecule has 0 atom stereocenters. The van der Waals surface area contributed by atoms with Gasteiger partial charge in [0.1, 0.15) is 10.3 Å². The molecular formula is C15H20BrN3O. The van der Waals surface area contributed by atoms with Crippen LogP contribution < -0.4 is 5.32 Å². The molecule has 5 heteroatoms. The molecule has 4 nitrogen and oxygen atoms in total. The molecule has 0 aliphatic heterocycles. The van der Waals surface area contributed by atoms with Gasteiger partial charge in [-0.2, -0.15) is 0 Å². The van der Waals surface area contributed by atoms with Gasteiger partial charge in [-0.3, -0.25) is 9.20 Å². The van der Waals surface area contributed by atoms with Crippen molar-refractivity contribution >= 4 is 33.2 Å². The van der Waals surface area contributed by atoms with Crippen LogP contribution in [0.1, 0.15) is 39.5 Å². The van der Waals surface area contributed by atoms with Crippen molar-refractivity contribution < 1.29 is 4.79 Å². The number of nitrogens with zero attached hydrogens (tertiary/aromatic N) is 2. The Morgan fingerprint density at radius 1 is 1.40 bits per heavy atom. The van der Waals surface area contributed by atoms with E-state index in [1.54, 1.807) is 6.20 Å². The molecule has 0 unspecified atom stereocenters. The maximum Gasteiger partial charge on any atom is 0.224 e. The Bertz CT molecular complexity index is 592. The van der Waals surface area contributed by atoms with E-state index in [9.17, 15) is 4.79 Å². The summed E-state index contributed by atoms with van der Waals surface area (Å²) in [5.74, 6) is 0.781. The van der Waals surface area contributed by atoms with E-state index >= 15 is 0 Å². The Balaban J connectivity index is 1.87. The van der Waals surface area contributed by atoms with Gasteiger partial charge in [0, 0.05) is 12.6 Å². The number of hydrogen-bond donors (Lipinski definition) is 1. The summed E-state index contributed by atoms with van der Waals surface area (Å²) >= 11 is 3.42. The van der Waals surface area contributed by atoms with Crippen LogP contribution in [0, 0.1) is 5.92 Å².